The van der Waals surface area contributed by atoms with Gasteiger partial charge in [-0.05, 0) is 43.0 Å². The largest absolute Gasteiger partial charge is 0.399 e. The lowest BCUT2D eigenvalue weighted by Crippen LogP contribution is -2.32. The molecule has 0 spiro atoms. The number of anilines is 2. The van der Waals surface area contributed by atoms with E-state index in [0.29, 0.717) is 17.3 Å². The first kappa shape index (κ1) is 14.2. The summed E-state index contributed by atoms with van der Waals surface area (Å²) < 4.78 is 26.1. The Hall–Kier alpha value is -1.23. The van der Waals surface area contributed by atoms with E-state index >= 15 is 0 Å². The van der Waals surface area contributed by atoms with Gasteiger partial charge in [0.05, 0.1) is 11.4 Å². The van der Waals surface area contributed by atoms with Gasteiger partial charge in [0.25, 0.3) is 0 Å². The second-order valence-corrected chi connectivity index (χ2v) is 7.39. The Bertz CT molecular complexity index is 505. The Morgan fingerprint density at radius 3 is 2.32 bits per heavy atom. The van der Waals surface area contributed by atoms with Crippen molar-refractivity contribution in [2.75, 3.05) is 22.8 Å². The van der Waals surface area contributed by atoms with Crippen LogP contribution in [0.4, 0.5) is 11.4 Å². The monoisotopic (exact) mass is 282 g/mol. The van der Waals surface area contributed by atoms with Gasteiger partial charge in [0.1, 0.15) is 0 Å². The van der Waals surface area contributed by atoms with E-state index in [1.807, 2.05) is 0 Å². The number of rotatable bonds is 4. The topological polar surface area (TPSA) is 63.4 Å². The minimum absolute atomic E-state index is 0.258. The zero-order valence-corrected chi connectivity index (χ0v) is 12.2. The minimum atomic E-state index is -3.23. The first-order valence-electron chi connectivity index (χ1n) is 6.81. The molecule has 0 bridgehead atoms. The molecular formula is C14H22N2O2S. The number of benzene rings is 1. The van der Waals surface area contributed by atoms with E-state index in [-0.39, 0.29) is 5.75 Å². The molecule has 2 N–H and O–H groups in total. The Labute approximate surface area is 115 Å². The van der Waals surface area contributed by atoms with Gasteiger partial charge in [-0.1, -0.05) is 19.3 Å². The van der Waals surface area contributed by atoms with Crippen LogP contribution < -0.4 is 10.0 Å². The summed E-state index contributed by atoms with van der Waals surface area (Å²) in [4.78, 5) is 0. The predicted molar refractivity (Wildman–Crippen MR) is 79.6 cm³/mol. The third kappa shape index (κ3) is 3.62. The number of sulfonamides is 1. The summed E-state index contributed by atoms with van der Waals surface area (Å²) in [5.41, 5.74) is 6.93. The quantitative estimate of drug-likeness (QED) is 0.863. The van der Waals surface area contributed by atoms with E-state index in [0.717, 1.165) is 25.7 Å². The SMILES string of the molecule is CN(c1ccc(N)cc1)S(=O)(=O)CC1CCCCC1. The Morgan fingerprint density at radius 2 is 1.74 bits per heavy atom. The minimum Gasteiger partial charge on any atom is -0.399 e. The van der Waals surface area contributed by atoms with Crippen molar-refractivity contribution in [1.29, 1.82) is 0 Å². The van der Waals surface area contributed by atoms with Crippen LogP contribution in [0.1, 0.15) is 32.1 Å². The van der Waals surface area contributed by atoms with Crippen molar-refractivity contribution in [3.8, 4) is 0 Å². The Balaban J connectivity index is 2.07. The van der Waals surface area contributed by atoms with Crippen LogP contribution in [0.2, 0.25) is 0 Å². The summed E-state index contributed by atoms with van der Waals surface area (Å²) in [7, 11) is -1.62. The van der Waals surface area contributed by atoms with E-state index in [9.17, 15) is 8.42 Å². The molecule has 0 heterocycles. The fourth-order valence-electron chi connectivity index (χ4n) is 2.61. The Morgan fingerprint density at radius 1 is 1.16 bits per heavy atom. The molecule has 0 radical (unpaired) electrons. The molecule has 1 saturated carbocycles. The van der Waals surface area contributed by atoms with Crippen LogP contribution in [0.3, 0.4) is 0 Å². The second kappa shape index (κ2) is 5.82. The summed E-state index contributed by atoms with van der Waals surface area (Å²) >= 11 is 0. The number of nitrogens with zero attached hydrogens (tertiary/aromatic N) is 1. The van der Waals surface area contributed by atoms with Gasteiger partial charge in [-0.3, -0.25) is 4.31 Å². The fourth-order valence-corrected chi connectivity index (χ4v) is 4.20. The van der Waals surface area contributed by atoms with Crippen LogP contribution in [-0.4, -0.2) is 21.2 Å². The maximum atomic E-state index is 12.4. The van der Waals surface area contributed by atoms with E-state index in [1.54, 1.807) is 31.3 Å². The molecule has 1 aromatic carbocycles. The lowest BCUT2D eigenvalue weighted by Gasteiger charge is -2.25. The summed E-state index contributed by atoms with van der Waals surface area (Å²) in [5.74, 6) is 0.573. The van der Waals surface area contributed by atoms with Crippen molar-refractivity contribution in [2.45, 2.75) is 32.1 Å². The molecule has 0 aliphatic heterocycles. The molecule has 1 aliphatic rings. The number of hydrogen-bond donors (Lipinski definition) is 1. The normalized spacial score (nSPS) is 17.3. The molecule has 0 amide bonds. The highest BCUT2D eigenvalue weighted by molar-refractivity contribution is 7.92. The predicted octanol–water partition coefficient (Wildman–Crippen LogP) is 2.62. The first-order chi connectivity index (χ1) is 8.99. The average molecular weight is 282 g/mol. The van der Waals surface area contributed by atoms with Gasteiger partial charge in [0, 0.05) is 12.7 Å². The van der Waals surface area contributed by atoms with Crippen LogP contribution in [-0.2, 0) is 10.0 Å². The molecule has 2 rings (SSSR count). The molecular weight excluding hydrogens is 260 g/mol. The smallest absolute Gasteiger partial charge is 0.235 e. The van der Waals surface area contributed by atoms with Crippen molar-refractivity contribution in [3.05, 3.63) is 24.3 Å². The van der Waals surface area contributed by atoms with Gasteiger partial charge in [-0.15, -0.1) is 0 Å². The molecule has 4 nitrogen and oxygen atoms in total. The second-order valence-electron chi connectivity index (χ2n) is 5.34. The molecule has 0 aromatic heterocycles. The molecule has 1 aromatic rings. The zero-order chi connectivity index (χ0) is 13.9. The third-order valence-electron chi connectivity index (χ3n) is 3.85. The van der Waals surface area contributed by atoms with Crippen LogP contribution in [0.25, 0.3) is 0 Å². The highest BCUT2D eigenvalue weighted by Gasteiger charge is 2.25. The van der Waals surface area contributed by atoms with E-state index in [1.165, 1.54) is 10.7 Å². The van der Waals surface area contributed by atoms with Crippen LogP contribution in [0, 0.1) is 5.92 Å². The van der Waals surface area contributed by atoms with Crippen molar-refractivity contribution < 1.29 is 8.42 Å². The van der Waals surface area contributed by atoms with Gasteiger partial charge in [-0.25, -0.2) is 8.42 Å². The molecule has 19 heavy (non-hydrogen) atoms. The zero-order valence-electron chi connectivity index (χ0n) is 11.4. The van der Waals surface area contributed by atoms with Crippen molar-refractivity contribution in [1.82, 2.24) is 0 Å². The van der Waals surface area contributed by atoms with Gasteiger partial charge < -0.3 is 5.73 Å². The van der Waals surface area contributed by atoms with E-state index in [4.69, 9.17) is 5.73 Å². The fraction of sp³-hybridized carbons (Fsp3) is 0.571. The molecule has 0 unspecified atom stereocenters. The molecule has 0 saturated heterocycles. The summed E-state index contributed by atoms with van der Waals surface area (Å²) in [6.07, 6.45) is 5.63. The third-order valence-corrected chi connectivity index (χ3v) is 5.78. The van der Waals surface area contributed by atoms with Crippen molar-refractivity contribution in [2.24, 2.45) is 5.92 Å². The van der Waals surface area contributed by atoms with Gasteiger partial charge in [-0.2, -0.15) is 0 Å². The van der Waals surface area contributed by atoms with Crippen LogP contribution in [0.5, 0.6) is 0 Å². The van der Waals surface area contributed by atoms with Crippen molar-refractivity contribution >= 4 is 21.4 Å². The number of nitrogens with two attached hydrogens (primary N) is 1. The van der Waals surface area contributed by atoms with Crippen LogP contribution in [0.15, 0.2) is 24.3 Å². The van der Waals surface area contributed by atoms with Gasteiger partial charge in [0.2, 0.25) is 10.0 Å². The molecule has 1 aliphatic carbocycles. The maximum Gasteiger partial charge on any atom is 0.235 e. The summed E-state index contributed by atoms with van der Waals surface area (Å²) in [6.45, 7) is 0. The summed E-state index contributed by atoms with van der Waals surface area (Å²) in [5, 5.41) is 0. The standard InChI is InChI=1S/C14H22N2O2S/c1-16(14-9-7-13(15)8-10-14)19(17,18)11-12-5-3-2-4-6-12/h7-10,12H,2-6,11,15H2,1H3. The first-order valence-corrected chi connectivity index (χ1v) is 8.42. The number of hydrogen-bond acceptors (Lipinski definition) is 3. The lowest BCUT2D eigenvalue weighted by molar-refractivity contribution is 0.385. The Kier molecular flexibility index (Phi) is 4.34. The highest BCUT2D eigenvalue weighted by Crippen LogP contribution is 2.27. The summed E-state index contributed by atoms with van der Waals surface area (Å²) in [6, 6.07) is 6.94. The van der Waals surface area contributed by atoms with E-state index in [2.05, 4.69) is 0 Å². The van der Waals surface area contributed by atoms with E-state index < -0.39 is 10.0 Å². The molecule has 1 fully saturated rings. The number of nitrogen functional groups attached to an aromatic ring is 1. The molecule has 106 valence electrons. The molecule has 5 heteroatoms. The van der Waals surface area contributed by atoms with Crippen molar-refractivity contribution in [3.63, 3.8) is 0 Å². The maximum absolute atomic E-state index is 12.4. The van der Waals surface area contributed by atoms with Gasteiger partial charge >= 0.3 is 0 Å². The lowest BCUT2D eigenvalue weighted by atomic mass is 9.91. The molecule has 0 atom stereocenters. The average Bonchev–Trinajstić information content (AvgIpc) is 2.39. The van der Waals surface area contributed by atoms with Crippen LogP contribution >= 0.6 is 0 Å². The highest BCUT2D eigenvalue weighted by atomic mass is 32.2. The van der Waals surface area contributed by atoms with Gasteiger partial charge in [0.15, 0.2) is 0 Å².